The lowest BCUT2D eigenvalue weighted by molar-refractivity contribution is 0.477. The Morgan fingerprint density at radius 2 is 2.00 bits per heavy atom. The van der Waals surface area contributed by atoms with E-state index in [1.807, 2.05) is 26.1 Å². The summed E-state index contributed by atoms with van der Waals surface area (Å²) >= 11 is 0. The molecule has 1 heterocycles. The van der Waals surface area contributed by atoms with E-state index in [9.17, 15) is 5.11 Å². The molecule has 0 saturated heterocycles. The van der Waals surface area contributed by atoms with E-state index >= 15 is 0 Å². The first kappa shape index (κ1) is 10.7. The minimum Gasteiger partial charge on any atom is -0.507 e. The second kappa shape index (κ2) is 3.98. The average Bonchev–Trinajstić information content (AvgIpc) is 2.61. The molecular weight excluding hydrogens is 202 g/mol. The monoisotopic (exact) mass is 217 g/mol. The molecule has 0 bridgehead atoms. The van der Waals surface area contributed by atoms with Crippen LogP contribution in [-0.4, -0.2) is 14.9 Å². The maximum absolute atomic E-state index is 9.80. The zero-order chi connectivity index (χ0) is 11.7. The molecule has 0 radical (unpaired) electrons. The fourth-order valence-electron chi connectivity index (χ4n) is 1.90. The van der Waals surface area contributed by atoms with Gasteiger partial charge < -0.3 is 10.8 Å². The Labute approximate surface area is 94.3 Å². The number of rotatable bonds is 2. The fourth-order valence-corrected chi connectivity index (χ4v) is 1.90. The number of nitrogens with two attached hydrogens (primary N) is 1. The second-order valence-electron chi connectivity index (χ2n) is 3.87. The highest BCUT2D eigenvalue weighted by Gasteiger charge is 2.15. The third kappa shape index (κ3) is 1.67. The Morgan fingerprint density at radius 3 is 2.62 bits per heavy atom. The van der Waals surface area contributed by atoms with Crippen molar-refractivity contribution in [2.75, 3.05) is 0 Å². The first-order chi connectivity index (χ1) is 7.61. The molecule has 1 aromatic heterocycles. The highest BCUT2D eigenvalue weighted by atomic mass is 16.3. The third-order valence-electron chi connectivity index (χ3n) is 2.61. The van der Waals surface area contributed by atoms with Crippen LogP contribution < -0.4 is 5.73 Å². The van der Waals surface area contributed by atoms with Gasteiger partial charge in [-0.15, -0.1) is 0 Å². The van der Waals surface area contributed by atoms with Gasteiger partial charge in [0.15, 0.2) is 0 Å². The number of aromatic hydroxyl groups is 1. The highest BCUT2D eigenvalue weighted by molar-refractivity contribution is 5.71. The highest BCUT2D eigenvalue weighted by Crippen LogP contribution is 2.32. The van der Waals surface area contributed by atoms with Crippen molar-refractivity contribution in [3.8, 4) is 16.9 Å². The topological polar surface area (TPSA) is 64.1 Å². The van der Waals surface area contributed by atoms with Gasteiger partial charge in [-0.05, 0) is 13.0 Å². The summed E-state index contributed by atoms with van der Waals surface area (Å²) in [4.78, 5) is 0. The summed E-state index contributed by atoms with van der Waals surface area (Å²) in [6.45, 7) is 1.90. The first-order valence-electron chi connectivity index (χ1n) is 5.17. The molecule has 4 nitrogen and oxygen atoms in total. The minimum absolute atomic E-state index is 0.123. The van der Waals surface area contributed by atoms with E-state index in [-0.39, 0.29) is 11.8 Å². The van der Waals surface area contributed by atoms with Crippen LogP contribution in [0.25, 0.3) is 11.1 Å². The minimum atomic E-state index is -0.123. The van der Waals surface area contributed by atoms with Crippen molar-refractivity contribution in [2.45, 2.75) is 13.0 Å². The Bertz CT molecular complexity index is 503. The molecule has 0 saturated carbocycles. The molecule has 2 aromatic rings. The van der Waals surface area contributed by atoms with Gasteiger partial charge in [0.25, 0.3) is 0 Å². The van der Waals surface area contributed by atoms with Gasteiger partial charge >= 0.3 is 0 Å². The quantitative estimate of drug-likeness (QED) is 0.806. The van der Waals surface area contributed by atoms with Gasteiger partial charge in [-0.1, -0.05) is 18.2 Å². The van der Waals surface area contributed by atoms with Gasteiger partial charge in [-0.2, -0.15) is 5.10 Å². The van der Waals surface area contributed by atoms with E-state index in [0.717, 1.165) is 16.8 Å². The number of hydrogen-bond donors (Lipinski definition) is 2. The molecule has 84 valence electrons. The number of aromatic nitrogens is 2. The molecule has 0 aliphatic rings. The van der Waals surface area contributed by atoms with Crippen molar-refractivity contribution in [3.05, 3.63) is 36.2 Å². The summed E-state index contributed by atoms with van der Waals surface area (Å²) in [7, 11) is 1.85. The zero-order valence-corrected chi connectivity index (χ0v) is 9.38. The van der Waals surface area contributed by atoms with E-state index in [2.05, 4.69) is 5.10 Å². The van der Waals surface area contributed by atoms with Crippen molar-refractivity contribution in [1.82, 2.24) is 9.78 Å². The second-order valence-corrected chi connectivity index (χ2v) is 3.87. The Kier molecular flexibility index (Phi) is 2.66. The van der Waals surface area contributed by atoms with E-state index in [4.69, 9.17) is 5.73 Å². The Balaban J connectivity index is 2.61. The maximum Gasteiger partial charge on any atom is 0.123 e. The van der Waals surface area contributed by atoms with Crippen molar-refractivity contribution in [2.24, 2.45) is 12.8 Å². The Morgan fingerprint density at radius 1 is 1.31 bits per heavy atom. The van der Waals surface area contributed by atoms with E-state index in [1.54, 1.807) is 23.0 Å². The van der Waals surface area contributed by atoms with Gasteiger partial charge in [-0.3, -0.25) is 4.68 Å². The molecular formula is C12H15N3O. The van der Waals surface area contributed by atoms with Crippen molar-refractivity contribution >= 4 is 0 Å². The number of para-hydroxylation sites is 1. The summed E-state index contributed by atoms with van der Waals surface area (Å²) in [5, 5.41) is 14.0. The number of nitrogens with zero attached hydrogens (tertiary/aromatic N) is 2. The average molecular weight is 217 g/mol. The molecule has 16 heavy (non-hydrogen) atoms. The zero-order valence-electron chi connectivity index (χ0n) is 9.38. The molecule has 0 aliphatic heterocycles. The number of aryl methyl sites for hydroxylation is 1. The molecule has 2 rings (SSSR count). The smallest absolute Gasteiger partial charge is 0.123 e. The van der Waals surface area contributed by atoms with Crippen LogP contribution in [0, 0.1) is 0 Å². The van der Waals surface area contributed by atoms with Gasteiger partial charge in [0.05, 0.1) is 11.9 Å². The summed E-state index contributed by atoms with van der Waals surface area (Å²) in [5.74, 6) is 0.248. The van der Waals surface area contributed by atoms with Gasteiger partial charge in [0, 0.05) is 24.2 Å². The van der Waals surface area contributed by atoms with Crippen LogP contribution in [0.2, 0.25) is 0 Å². The largest absolute Gasteiger partial charge is 0.507 e. The summed E-state index contributed by atoms with van der Waals surface area (Å²) < 4.78 is 1.74. The number of benzene rings is 1. The number of hydrogen-bond acceptors (Lipinski definition) is 3. The molecule has 0 aliphatic carbocycles. The molecule has 4 heteroatoms. The predicted molar refractivity (Wildman–Crippen MR) is 62.9 cm³/mol. The van der Waals surface area contributed by atoms with Crippen LogP contribution in [-0.2, 0) is 7.05 Å². The third-order valence-corrected chi connectivity index (χ3v) is 2.61. The Hall–Kier alpha value is -1.81. The standard InChI is InChI=1S/C12H15N3O/c1-8(13)12-10(7-14-15(12)2)9-5-3-4-6-11(9)16/h3-8,16H,13H2,1-2H3. The van der Waals surface area contributed by atoms with E-state index in [1.165, 1.54) is 0 Å². The van der Waals surface area contributed by atoms with Crippen LogP contribution in [0.5, 0.6) is 5.75 Å². The molecule has 0 fully saturated rings. The lowest BCUT2D eigenvalue weighted by Crippen LogP contribution is -2.11. The fraction of sp³-hybridized carbons (Fsp3) is 0.250. The van der Waals surface area contributed by atoms with Crippen LogP contribution in [0.3, 0.4) is 0 Å². The molecule has 1 unspecified atom stereocenters. The lowest BCUT2D eigenvalue weighted by Gasteiger charge is -2.10. The van der Waals surface area contributed by atoms with Crippen molar-refractivity contribution in [1.29, 1.82) is 0 Å². The lowest BCUT2D eigenvalue weighted by atomic mass is 10.0. The number of phenolic OH excluding ortho intramolecular Hbond substituents is 1. The van der Waals surface area contributed by atoms with Crippen LogP contribution >= 0.6 is 0 Å². The molecule has 1 aromatic carbocycles. The van der Waals surface area contributed by atoms with E-state index < -0.39 is 0 Å². The maximum atomic E-state index is 9.80. The molecule has 1 atom stereocenters. The van der Waals surface area contributed by atoms with Crippen molar-refractivity contribution < 1.29 is 5.11 Å². The summed E-state index contributed by atoms with van der Waals surface area (Å²) in [6.07, 6.45) is 1.73. The summed E-state index contributed by atoms with van der Waals surface area (Å²) in [6, 6.07) is 7.07. The normalized spacial score (nSPS) is 12.7. The van der Waals surface area contributed by atoms with Crippen LogP contribution in [0.1, 0.15) is 18.7 Å². The number of phenols is 1. The predicted octanol–water partition coefficient (Wildman–Crippen LogP) is 1.81. The summed E-state index contributed by atoms with van der Waals surface area (Å²) in [5.41, 5.74) is 8.47. The van der Waals surface area contributed by atoms with E-state index in [0.29, 0.717) is 0 Å². The molecule has 0 amide bonds. The van der Waals surface area contributed by atoms with Crippen molar-refractivity contribution in [3.63, 3.8) is 0 Å². The van der Waals surface area contributed by atoms with Crippen LogP contribution in [0.4, 0.5) is 0 Å². The van der Waals surface area contributed by atoms with Gasteiger partial charge in [0.2, 0.25) is 0 Å². The first-order valence-corrected chi connectivity index (χ1v) is 5.17. The molecule has 3 N–H and O–H groups in total. The molecule has 0 spiro atoms. The van der Waals surface area contributed by atoms with Crippen LogP contribution in [0.15, 0.2) is 30.5 Å². The van der Waals surface area contributed by atoms with Gasteiger partial charge in [-0.25, -0.2) is 0 Å². The van der Waals surface area contributed by atoms with Gasteiger partial charge in [0.1, 0.15) is 5.75 Å². The SMILES string of the molecule is CC(N)c1c(-c2ccccc2O)cnn1C.